The van der Waals surface area contributed by atoms with Gasteiger partial charge in [-0.25, -0.2) is 0 Å². The lowest BCUT2D eigenvalue weighted by Crippen LogP contribution is -2.50. The molecule has 0 bridgehead atoms. The standard InChI is InChI=1S/C16H24N2O/c1-4-17-15-9-10-18(11-13(15)3)16(19)14-7-5-12(2)6-8-14/h5-8,13,15,17H,4,9-11H2,1-3H3. The van der Waals surface area contributed by atoms with Crippen molar-refractivity contribution in [2.24, 2.45) is 5.92 Å². The van der Waals surface area contributed by atoms with Crippen LogP contribution in [0, 0.1) is 12.8 Å². The van der Waals surface area contributed by atoms with Crippen LogP contribution < -0.4 is 5.32 Å². The molecule has 1 amide bonds. The highest BCUT2D eigenvalue weighted by Crippen LogP contribution is 2.19. The number of nitrogens with one attached hydrogen (secondary N) is 1. The van der Waals surface area contributed by atoms with E-state index >= 15 is 0 Å². The van der Waals surface area contributed by atoms with Crippen molar-refractivity contribution in [1.82, 2.24) is 10.2 Å². The van der Waals surface area contributed by atoms with E-state index in [2.05, 4.69) is 19.2 Å². The van der Waals surface area contributed by atoms with Crippen molar-refractivity contribution >= 4 is 5.91 Å². The van der Waals surface area contributed by atoms with E-state index in [1.54, 1.807) is 0 Å². The third-order valence-corrected chi connectivity index (χ3v) is 3.96. The highest BCUT2D eigenvalue weighted by Gasteiger charge is 2.28. The first-order valence-corrected chi connectivity index (χ1v) is 7.21. The minimum Gasteiger partial charge on any atom is -0.338 e. The van der Waals surface area contributed by atoms with Gasteiger partial charge in [0, 0.05) is 24.7 Å². The Hall–Kier alpha value is -1.35. The van der Waals surface area contributed by atoms with Gasteiger partial charge < -0.3 is 10.2 Å². The summed E-state index contributed by atoms with van der Waals surface area (Å²) in [4.78, 5) is 14.4. The number of rotatable bonds is 3. The molecule has 2 unspecified atom stereocenters. The molecule has 3 heteroatoms. The molecule has 1 aromatic rings. The summed E-state index contributed by atoms with van der Waals surface area (Å²) in [6, 6.07) is 8.41. The molecular weight excluding hydrogens is 236 g/mol. The molecule has 1 aliphatic rings. The molecule has 3 nitrogen and oxygen atoms in total. The Labute approximate surface area is 116 Å². The Morgan fingerprint density at radius 2 is 2.05 bits per heavy atom. The van der Waals surface area contributed by atoms with Crippen molar-refractivity contribution < 1.29 is 4.79 Å². The first kappa shape index (κ1) is 14.1. The molecular formula is C16H24N2O. The van der Waals surface area contributed by atoms with E-state index in [0.29, 0.717) is 12.0 Å². The highest BCUT2D eigenvalue weighted by molar-refractivity contribution is 5.94. The molecule has 0 radical (unpaired) electrons. The minimum atomic E-state index is 0.168. The van der Waals surface area contributed by atoms with Crippen molar-refractivity contribution in [3.05, 3.63) is 35.4 Å². The third-order valence-electron chi connectivity index (χ3n) is 3.96. The normalized spacial score (nSPS) is 23.4. The summed E-state index contributed by atoms with van der Waals surface area (Å²) in [5.74, 6) is 0.685. The molecule has 1 heterocycles. The van der Waals surface area contributed by atoms with Crippen LogP contribution in [0.4, 0.5) is 0 Å². The Kier molecular flexibility index (Phi) is 4.59. The topological polar surface area (TPSA) is 32.3 Å². The van der Waals surface area contributed by atoms with Crippen molar-refractivity contribution in [3.8, 4) is 0 Å². The smallest absolute Gasteiger partial charge is 0.253 e. The lowest BCUT2D eigenvalue weighted by atomic mass is 9.93. The van der Waals surface area contributed by atoms with Gasteiger partial charge in [-0.1, -0.05) is 31.5 Å². The molecule has 0 saturated carbocycles. The summed E-state index contributed by atoms with van der Waals surface area (Å²) in [5, 5.41) is 3.50. The largest absolute Gasteiger partial charge is 0.338 e. The lowest BCUT2D eigenvalue weighted by Gasteiger charge is -2.37. The van der Waals surface area contributed by atoms with Gasteiger partial charge in [0.1, 0.15) is 0 Å². The second kappa shape index (κ2) is 6.20. The summed E-state index contributed by atoms with van der Waals surface area (Å²) in [6.07, 6.45) is 1.05. The van der Waals surface area contributed by atoms with Crippen LogP contribution in [0.5, 0.6) is 0 Å². The number of likely N-dealkylation sites (tertiary alicyclic amines) is 1. The summed E-state index contributed by atoms with van der Waals surface area (Å²) in [5.41, 5.74) is 2.00. The van der Waals surface area contributed by atoms with Crippen molar-refractivity contribution in [3.63, 3.8) is 0 Å². The number of hydrogen-bond donors (Lipinski definition) is 1. The predicted octanol–water partition coefficient (Wildman–Crippen LogP) is 2.46. The van der Waals surface area contributed by atoms with E-state index in [-0.39, 0.29) is 5.91 Å². The maximum atomic E-state index is 12.4. The molecule has 0 aromatic heterocycles. The number of amides is 1. The fraction of sp³-hybridized carbons (Fsp3) is 0.562. The van der Waals surface area contributed by atoms with Gasteiger partial charge in [0.2, 0.25) is 0 Å². The van der Waals surface area contributed by atoms with Crippen molar-refractivity contribution in [1.29, 1.82) is 0 Å². The van der Waals surface area contributed by atoms with E-state index < -0.39 is 0 Å². The zero-order chi connectivity index (χ0) is 13.8. The molecule has 1 saturated heterocycles. The molecule has 2 atom stereocenters. The summed E-state index contributed by atoms with van der Waals surface area (Å²) < 4.78 is 0. The van der Waals surface area contributed by atoms with Gasteiger partial charge in [-0.05, 0) is 37.9 Å². The van der Waals surface area contributed by atoms with E-state index in [0.717, 1.165) is 31.6 Å². The van der Waals surface area contributed by atoms with Crippen LogP contribution in [0.2, 0.25) is 0 Å². The number of aryl methyl sites for hydroxylation is 1. The van der Waals surface area contributed by atoms with E-state index in [1.807, 2.05) is 36.1 Å². The second-order valence-corrected chi connectivity index (χ2v) is 5.55. The van der Waals surface area contributed by atoms with E-state index in [9.17, 15) is 4.79 Å². The van der Waals surface area contributed by atoms with Gasteiger partial charge in [-0.3, -0.25) is 4.79 Å². The Morgan fingerprint density at radius 3 is 2.63 bits per heavy atom. The Morgan fingerprint density at radius 1 is 1.37 bits per heavy atom. The number of piperidine rings is 1. The summed E-state index contributed by atoms with van der Waals surface area (Å²) in [6.45, 7) is 9.11. The molecule has 0 aliphatic carbocycles. The van der Waals surface area contributed by atoms with Crippen LogP contribution in [-0.2, 0) is 0 Å². The average Bonchev–Trinajstić information content (AvgIpc) is 2.41. The first-order chi connectivity index (χ1) is 9.11. The first-order valence-electron chi connectivity index (χ1n) is 7.21. The van der Waals surface area contributed by atoms with Gasteiger partial charge in [0.15, 0.2) is 0 Å². The monoisotopic (exact) mass is 260 g/mol. The Bertz CT molecular complexity index is 427. The number of carbonyl (C=O) groups excluding carboxylic acids is 1. The van der Waals surface area contributed by atoms with Gasteiger partial charge in [-0.2, -0.15) is 0 Å². The number of carbonyl (C=O) groups is 1. The van der Waals surface area contributed by atoms with Gasteiger partial charge in [-0.15, -0.1) is 0 Å². The zero-order valence-corrected chi connectivity index (χ0v) is 12.1. The van der Waals surface area contributed by atoms with E-state index in [1.165, 1.54) is 5.56 Å². The van der Waals surface area contributed by atoms with Crippen LogP contribution in [0.1, 0.15) is 36.2 Å². The summed E-state index contributed by atoms with van der Waals surface area (Å²) in [7, 11) is 0. The van der Waals surface area contributed by atoms with Crippen LogP contribution in [-0.4, -0.2) is 36.5 Å². The van der Waals surface area contributed by atoms with Crippen molar-refractivity contribution in [2.45, 2.75) is 33.2 Å². The van der Waals surface area contributed by atoms with Crippen LogP contribution >= 0.6 is 0 Å². The number of nitrogens with zero attached hydrogens (tertiary/aromatic N) is 1. The van der Waals surface area contributed by atoms with Gasteiger partial charge in [0.05, 0.1) is 0 Å². The van der Waals surface area contributed by atoms with Gasteiger partial charge in [0.25, 0.3) is 5.91 Å². The average molecular weight is 260 g/mol. The number of hydrogen-bond acceptors (Lipinski definition) is 2. The third kappa shape index (κ3) is 3.35. The molecule has 19 heavy (non-hydrogen) atoms. The number of benzene rings is 1. The molecule has 1 aromatic carbocycles. The Balaban J connectivity index is 2.00. The lowest BCUT2D eigenvalue weighted by molar-refractivity contribution is 0.0646. The van der Waals surface area contributed by atoms with Gasteiger partial charge >= 0.3 is 0 Å². The SMILES string of the molecule is CCNC1CCN(C(=O)c2ccc(C)cc2)CC1C. The maximum absolute atomic E-state index is 12.4. The maximum Gasteiger partial charge on any atom is 0.253 e. The quantitative estimate of drug-likeness (QED) is 0.905. The molecule has 1 N–H and O–H groups in total. The zero-order valence-electron chi connectivity index (χ0n) is 12.1. The second-order valence-electron chi connectivity index (χ2n) is 5.55. The predicted molar refractivity (Wildman–Crippen MR) is 78.3 cm³/mol. The molecule has 0 spiro atoms. The molecule has 104 valence electrons. The fourth-order valence-electron chi connectivity index (χ4n) is 2.77. The highest BCUT2D eigenvalue weighted by atomic mass is 16.2. The van der Waals surface area contributed by atoms with Crippen LogP contribution in [0.15, 0.2) is 24.3 Å². The summed E-state index contributed by atoms with van der Waals surface area (Å²) >= 11 is 0. The van der Waals surface area contributed by atoms with Crippen LogP contribution in [0.3, 0.4) is 0 Å². The minimum absolute atomic E-state index is 0.168. The fourth-order valence-corrected chi connectivity index (χ4v) is 2.77. The molecule has 1 fully saturated rings. The van der Waals surface area contributed by atoms with Crippen molar-refractivity contribution in [2.75, 3.05) is 19.6 Å². The van der Waals surface area contributed by atoms with Crippen LogP contribution in [0.25, 0.3) is 0 Å². The molecule has 1 aliphatic heterocycles. The van der Waals surface area contributed by atoms with E-state index in [4.69, 9.17) is 0 Å². The molecule has 2 rings (SSSR count).